The van der Waals surface area contributed by atoms with Gasteiger partial charge in [-0.1, -0.05) is 6.92 Å². The molecule has 1 aliphatic heterocycles. The molecule has 1 saturated heterocycles. The molecule has 0 radical (unpaired) electrons. The Bertz CT molecular complexity index is 62.8. The van der Waals surface area contributed by atoms with Gasteiger partial charge in [-0.25, -0.2) is 0 Å². The summed E-state index contributed by atoms with van der Waals surface area (Å²) in [5, 5.41) is 0. The molecule has 1 N–H and O–H groups in total. The Hall–Kier alpha value is -0.0400. The molecule has 1 aliphatic rings. The molecule has 2 atom stereocenters. The van der Waals surface area contributed by atoms with Gasteiger partial charge in [0, 0.05) is 5.92 Å². The van der Waals surface area contributed by atoms with Gasteiger partial charge < -0.3 is 4.90 Å². The van der Waals surface area contributed by atoms with Crippen LogP contribution >= 0.6 is 0 Å². The molecule has 8 heavy (non-hydrogen) atoms. The van der Waals surface area contributed by atoms with Crippen molar-refractivity contribution in [1.29, 1.82) is 0 Å². The van der Waals surface area contributed by atoms with Crippen LogP contribution in [-0.2, 0) is 0 Å². The molecule has 0 aromatic carbocycles. The number of quaternary nitrogens is 1. The average Bonchev–Trinajstić information content (AvgIpc) is 1.64. The Morgan fingerprint density at radius 1 is 1.50 bits per heavy atom. The normalized spacial score (nSPS) is 39.8. The standard InChI is InChI=1S/C7H15N/c1-7-4-3-5-8(2)6-7/h7H,3-6H2,1-2H3/p+1/t7-/m0/s1. The smallest absolute Gasteiger partial charge is 0.0794 e. The fraction of sp³-hybridized carbons (Fsp3) is 1.00. The van der Waals surface area contributed by atoms with Crippen molar-refractivity contribution in [3.05, 3.63) is 0 Å². The summed E-state index contributed by atoms with van der Waals surface area (Å²) in [6.07, 6.45) is 2.89. The number of piperidine rings is 1. The summed E-state index contributed by atoms with van der Waals surface area (Å²) in [6, 6.07) is 0. The zero-order chi connectivity index (χ0) is 5.98. The monoisotopic (exact) mass is 114 g/mol. The SMILES string of the molecule is C[C@H]1CCC[NH+](C)C1. The van der Waals surface area contributed by atoms with Crippen molar-refractivity contribution in [3.8, 4) is 0 Å². The second-order valence-electron chi connectivity index (χ2n) is 3.16. The van der Waals surface area contributed by atoms with Gasteiger partial charge in [-0.2, -0.15) is 0 Å². The molecule has 0 aromatic heterocycles. The third kappa shape index (κ3) is 1.48. The zero-order valence-corrected chi connectivity index (χ0v) is 5.91. The van der Waals surface area contributed by atoms with Crippen LogP contribution in [0.15, 0.2) is 0 Å². The van der Waals surface area contributed by atoms with Crippen LogP contribution < -0.4 is 4.90 Å². The summed E-state index contributed by atoms with van der Waals surface area (Å²) in [6.45, 7) is 5.13. The molecule has 0 saturated carbocycles. The maximum Gasteiger partial charge on any atom is 0.0794 e. The maximum atomic E-state index is 2.35. The number of hydrogen-bond donors (Lipinski definition) is 1. The van der Waals surface area contributed by atoms with Crippen molar-refractivity contribution in [3.63, 3.8) is 0 Å². The van der Waals surface area contributed by atoms with E-state index < -0.39 is 0 Å². The van der Waals surface area contributed by atoms with Crippen LogP contribution in [0.2, 0.25) is 0 Å². The van der Waals surface area contributed by atoms with Gasteiger partial charge in [0.1, 0.15) is 0 Å². The maximum absolute atomic E-state index is 2.35. The van der Waals surface area contributed by atoms with E-state index in [0.29, 0.717) is 0 Å². The second-order valence-corrected chi connectivity index (χ2v) is 3.16. The molecular formula is C7H16N+. The number of rotatable bonds is 0. The Morgan fingerprint density at radius 3 is 2.62 bits per heavy atom. The van der Waals surface area contributed by atoms with E-state index in [1.165, 1.54) is 25.9 Å². The minimum Gasteiger partial charge on any atom is -0.337 e. The third-order valence-electron chi connectivity index (χ3n) is 2.00. The van der Waals surface area contributed by atoms with Crippen molar-refractivity contribution in [2.75, 3.05) is 20.1 Å². The second kappa shape index (κ2) is 2.49. The van der Waals surface area contributed by atoms with Crippen molar-refractivity contribution in [1.82, 2.24) is 0 Å². The molecule has 0 spiro atoms. The van der Waals surface area contributed by atoms with Crippen LogP contribution in [0.25, 0.3) is 0 Å². The van der Waals surface area contributed by atoms with Crippen molar-refractivity contribution in [2.45, 2.75) is 19.8 Å². The van der Waals surface area contributed by atoms with Crippen LogP contribution in [0.1, 0.15) is 19.8 Å². The van der Waals surface area contributed by atoms with Gasteiger partial charge >= 0.3 is 0 Å². The predicted molar refractivity (Wildman–Crippen MR) is 35.0 cm³/mol. The van der Waals surface area contributed by atoms with E-state index in [-0.39, 0.29) is 0 Å². The Kier molecular flexibility index (Phi) is 1.90. The molecule has 0 bridgehead atoms. The highest BCUT2D eigenvalue weighted by atomic mass is 15.1. The van der Waals surface area contributed by atoms with Crippen molar-refractivity contribution >= 4 is 0 Å². The van der Waals surface area contributed by atoms with E-state index in [0.717, 1.165) is 5.92 Å². The van der Waals surface area contributed by atoms with Gasteiger partial charge in [0.25, 0.3) is 0 Å². The molecule has 48 valence electrons. The Balaban J connectivity index is 2.23. The predicted octanol–water partition coefficient (Wildman–Crippen LogP) is -0.0690. The first-order chi connectivity index (χ1) is 3.79. The largest absolute Gasteiger partial charge is 0.337 e. The lowest BCUT2D eigenvalue weighted by Crippen LogP contribution is -3.10. The van der Waals surface area contributed by atoms with E-state index in [1.54, 1.807) is 4.90 Å². The molecule has 1 rings (SSSR count). The van der Waals surface area contributed by atoms with Crippen LogP contribution in [0.5, 0.6) is 0 Å². The fourth-order valence-electron chi connectivity index (χ4n) is 1.55. The minimum atomic E-state index is 0.976. The van der Waals surface area contributed by atoms with E-state index in [4.69, 9.17) is 0 Å². The number of hydrogen-bond acceptors (Lipinski definition) is 0. The first kappa shape index (κ1) is 6.09. The van der Waals surface area contributed by atoms with Crippen molar-refractivity contribution in [2.24, 2.45) is 5.92 Å². The quantitative estimate of drug-likeness (QED) is 0.449. The van der Waals surface area contributed by atoms with Crippen molar-refractivity contribution < 1.29 is 4.90 Å². The van der Waals surface area contributed by atoms with E-state index in [1.807, 2.05) is 0 Å². The van der Waals surface area contributed by atoms with Gasteiger partial charge in [0.15, 0.2) is 0 Å². The lowest BCUT2D eigenvalue weighted by molar-refractivity contribution is -0.888. The molecule has 1 unspecified atom stereocenters. The van der Waals surface area contributed by atoms with Gasteiger partial charge in [0.2, 0.25) is 0 Å². The highest BCUT2D eigenvalue weighted by molar-refractivity contribution is 4.53. The summed E-state index contributed by atoms with van der Waals surface area (Å²) < 4.78 is 0. The minimum absolute atomic E-state index is 0.976. The van der Waals surface area contributed by atoms with Gasteiger partial charge in [0.05, 0.1) is 20.1 Å². The van der Waals surface area contributed by atoms with Crippen LogP contribution in [0.4, 0.5) is 0 Å². The lowest BCUT2D eigenvalue weighted by atomic mass is 10.0. The highest BCUT2D eigenvalue weighted by Crippen LogP contribution is 2.03. The van der Waals surface area contributed by atoms with E-state index >= 15 is 0 Å². The van der Waals surface area contributed by atoms with E-state index in [9.17, 15) is 0 Å². The van der Waals surface area contributed by atoms with Crippen LogP contribution in [-0.4, -0.2) is 20.1 Å². The Labute approximate surface area is 51.7 Å². The highest BCUT2D eigenvalue weighted by Gasteiger charge is 2.14. The Morgan fingerprint density at radius 2 is 2.25 bits per heavy atom. The first-order valence-corrected chi connectivity index (χ1v) is 3.60. The fourth-order valence-corrected chi connectivity index (χ4v) is 1.55. The van der Waals surface area contributed by atoms with Gasteiger partial charge in [-0.05, 0) is 12.8 Å². The lowest BCUT2D eigenvalue weighted by Gasteiger charge is -2.23. The summed E-state index contributed by atoms with van der Waals surface area (Å²) >= 11 is 0. The zero-order valence-electron chi connectivity index (χ0n) is 5.91. The molecule has 0 amide bonds. The topological polar surface area (TPSA) is 4.44 Å². The number of nitrogens with one attached hydrogen (secondary N) is 1. The molecule has 1 heteroatoms. The molecule has 0 aromatic rings. The summed E-state index contributed by atoms with van der Waals surface area (Å²) in [7, 11) is 2.29. The van der Waals surface area contributed by atoms with Crippen LogP contribution in [0, 0.1) is 5.92 Å². The third-order valence-corrected chi connectivity index (χ3v) is 2.00. The molecular weight excluding hydrogens is 98.1 g/mol. The average molecular weight is 114 g/mol. The van der Waals surface area contributed by atoms with Gasteiger partial charge in [-0.3, -0.25) is 0 Å². The summed E-state index contributed by atoms with van der Waals surface area (Å²) in [5.41, 5.74) is 0. The van der Waals surface area contributed by atoms with Crippen LogP contribution in [0.3, 0.4) is 0 Å². The summed E-state index contributed by atoms with van der Waals surface area (Å²) in [4.78, 5) is 1.71. The van der Waals surface area contributed by atoms with E-state index in [2.05, 4.69) is 14.0 Å². The molecule has 1 fully saturated rings. The first-order valence-electron chi connectivity index (χ1n) is 3.60. The number of likely N-dealkylation sites (tertiary alicyclic amines) is 1. The molecule has 1 nitrogen and oxygen atoms in total. The molecule has 0 aliphatic carbocycles. The van der Waals surface area contributed by atoms with Gasteiger partial charge in [-0.15, -0.1) is 0 Å². The molecule has 1 heterocycles. The summed E-state index contributed by atoms with van der Waals surface area (Å²) in [5.74, 6) is 0.976.